The Morgan fingerprint density at radius 1 is 1.38 bits per heavy atom. The molecule has 0 spiro atoms. The fraction of sp³-hybridized carbons (Fsp3) is 0.400. The zero-order chi connectivity index (χ0) is 15.2. The summed E-state index contributed by atoms with van der Waals surface area (Å²) in [6.45, 7) is 5.06. The van der Waals surface area contributed by atoms with Gasteiger partial charge in [0.05, 0.1) is 12.2 Å². The molecule has 2 aromatic rings. The molecule has 21 heavy (non-hydrogen) atoms. The van der Waals surface area contributed by atoms with Gasteiger partial charge in [0.1, 0.15) is 12.7 Å². The highest BCUT2D eigenvalue weighted by Crippen LogP contribution is 2.19. The standard InChI is InChI=1S/C15H21N5O/c1-4-17-15(21)9-19(3)12(2)13-5-7-14(8-6-13)20-11-16-10-18-20/h5-8,10-12H,4,9H2,1-3H3,(H,17,21). The molecular weight excluding hydrogens is 266 g/mol. The highest BCUT2D eigenvalue weighted by Gasteiger charge is 2.14. The lowest BCUT2D eigenvalue weighted by Crippen LogP contribution is -2.36. The number of hydrogen-bond acceptors (Lipinski definition) is 4. The summed E-state index contributed by atoms with van der Waals surface area (Å²) in [5.74, 6) is 0.0473. The highest BCUT2D eigenvalue weighted by atomic mass is 16.2. The molecule has 1 aromatic carbocycles. The molecule has 1 N–H and O–H groups in total. The maximum Gasteiger partial charge on any atom is 0.234 e. The molecule has 0 radical (unpaired) electrons. The lowest BCUT2D eigenvalue weighted by atomic mass is 10.1. The van der Waals surface area contributed by atoms with Gasteiger partial charge in [0, 0.05) is 12.6 Å². The molecule has 0 aliphatic carbocycles. The Hall–Kier alpha value is -2.21. The van der Waals surface area contributed by atoms with E-state index >= 15 is 0 Å². The molecule has 0 aliphatic rings. The number of nitrogens with zero attached hydrogens (tertiary/aromatic N) is 4. The van der Waals surface area contributed by atoms with Crippen LogP contribution in [0.2, 0.25) is 0 Å². The summed E-state index contributed by atoms with van der Waals surface area (Å²) >= 11 is 0. The maximum absolute atomic E-state index is 11.6. The van der Waals surface area contributed by atoms with Crippen LogP contribution in [-0.2, 0) is 4.79 Å². The van der Waals surface area contributed by atoms with Crippen LogP contribution in [0.1, 0.15) is 25.5 Å². The average Bonchev–Trinajstić information content (AvgIpc) is 3.01. The number of hydrogen-bond donors (Lipinski definition) is 1. The van der Waals surface area contributed by atoms with Crippen LogP contribution in [0.25, 0.3) is 5.69 Å². The molecule has 1 heterocycles. The van der Waals surface area contributed by atoms with E-state index in [1.165, 1.54) is 6.33 Å². The quantitative estimate of drug-likeness (QED) is 0.872. The molecule has 6 nitrogen and oxygen atoms in total. The molecular formula is C15H21N5O. The molecule has 0 bridgehead atoms. The molecule has 0 saturated heterocycles. The van der Waals surface area contributed by atoms with Crippen molar-refractivity contribution >= 4 is 5.91 Å². The van der Waals surface area contributed by atoms with Gasteiger partial charge in [0.25, 0.3) is 0 Å². The van der Waals surface area contributed by atoms with E-state index in [0.717, 1.165) is 11.3 Å². The normalized spacial score (nSPS) is 12.4. The Balaban J connectivity index is 2.02. The van der Waals surface area contributed by atoms with E-state index in [1.807, 2.05) is 31.0 Å². The van der Waals surface area contributed by atoms with Crippen molar-refractivity contribution in [2.45, 2.75) is 19.9 Å². The van der Waals surface area contributed by atoms with Crippen LogP contribution < -0.4 is 5.32 Å². The van der Waals surface area contributed by atoms with Gasteiger partial charge in [-0.2, -0.15) is 5.10 Å². The largest absolute Gasteiger partial charge is 0.355 e. The van der Waals surface area contributed by atoms with Crippen LogP contribution in [0.5, 0.6) is 0 Å². The van der Waals surface area contributed by atoms with Crippen molar-refractivity contribution in [2.75, 3.05) is 20.1 Å². The molecule has 0 saturated carbocycles. The first-order valence-corrected chi connectivity index (χ1v) is 7.03. The van der Waals surface area contributed by atoms with E-state index < -0.39 is 0 Å². The zero-order valence-corrected chi connectivity index (χ0v) is 12.7. The number of amides is 1. The van der Waals surface area contributed by atoms with Gasteiger partial charge in [0.2, 0.25) is 5.91 Å². The van der Waals surface area contributed by atoms with Gasteiger partial charge >= 0.3 is 0 Å². The summed E-state index contributed by atoms with van der Waals surface area (Å²) in [4.78, 5) is 17.6. The van der Waals surface area contributed by atoms with Crippen LogP contribution >= 0.6 is 0 Å². The van der Waals surface area contributed by atoms with Crippen LogP contribution in [0.4, 0.5) is 0 Å². The van der Waals surface area contributed by atoms with E-state index in [1.54, 1.807) is 11.0 Å². The molecule has 0 aliphatic heterocycles. The molecule has 0 fully saturated rings. The van der Waals surface area contributed by atoms with Crippen molar-refractivity contribution in [2.24, 2.45) is 0 Å². The summed E-state index contributed by atoms with van der Waals surface area (Å²) in [6, 6.07) is 8.27. The third-order valence-electron chi connectivity index (χ3n) is 3.49. The topological polar surface area (TPSA) is 63.1 Å². The fourth-order valence-electron chi connectivity index (χ4n) is 2.12. The average molecular weight is 287 g/mol. The number of rotatable bonds is 6. The molecule has 1 amide bonds. The highest BCUT2D eigenvalue weighted by molar-refractivity contribution is 5.77. The summed E-state index contributed by atoms with van der Waals surface area (Å²) in [7, 11) is 1.95. The summed E-state index contributed by atoms with van der Waals surface area (Å²) < 4.78 is 1.72. The van der Waals surface area contributed by atoms with Crippen molar-refractivity contribution in [3.63, 3.8) is 0 Å². The number of carbonyl (C=O) groups excluding carboxylic acids is 1. The van der Waals surface area contributed by atoms with Gasteiger partial charge in [-0.25, -0.2) is 9.67 Å². The first-order chi connectivity index (χ1) is 10.1. The zero-order valence-electron chi connectivity index (χ0n) is 12.7. The Bertz CT molecular complexity index is 564. The molecule has 2 rings (SSSR count). The molecule has 1 unspecified atom stereocenters. The van der Waals surface area contributed by atoms with Crippen LogP contribution in [-0.4, -0.2) is 45.7 Å². The second-order valence-corrected chi connectivity index (χ2v) is 4.98. The first kappa shape index (κ1) is 15.2. The fourth-order valence-corrected chi connectivity index (χ4v) is 2.12. The van der Waals surface area contributed by atoms with E-state index in [-0.39, 0.29) is 11.9 Å². The third kappa shape index (κ3) is 3.88. The number of aromatic nitrogens is 3. The van der Waals surface area contributed by atoms with Gasteiger partial charge in [-0.05, 0) is 38.6 Å². The molecule has 6 heteroatoms. The summed E-state index contributed by atoms with van der Waals surface area (Å²) in [5.41, 5.74) is 2.13. The van der Waals surface area contributed by atoms with Gasteiger partial charge in [-0.15, -0.1) is 0 Å². The van der Waals surface area contributed by atoms with Crippen LogP contribution in [0.3, 0.4) is 0 Å². The van der Waals surface area contributed by atoms with Crippen LogP contribution in [0, 0.1) is 0 Å². The second-order valence-electron chi connectivity index (χ2n) is 4.98. The molecule has 1 aromatic heterocycles. The smallest absolute Gasteiger partial charge is 0.234 e. The Kier molecular flexibility index (Phi) is 5.05. The maximum atomic E-state index is 11.6. The summed E-state index contributed by atoms with van der Waals surface area (Å²) in [5, 5.41) is 6.91. The SMILES string of the molecule is CCNC(=O)CN(C)C(C)c1ccc(-n2cncn2)cc1. The molecule has 112 valence electrons. The Morgan fingerprint density at radius 3 is 2.67 bits per heavy atom. The van der Waals surface area contributed by atoms with Gasteiger partial charge in [0.15, 0.2) is 0 Å². The van der Waals surface area contributed by atoms with Crippen molar-refractivity contribution in [3.8, 4) is 5.69 Å². The Labute approximate surface area is 124 Å². The van der Waals surface area contributed by atoms with E-state index in [9.17, 15) is 4.79 Å². The van der Waals surface area contributed by atoms with E-state index in [2.05, 4.69) is 34.5 Å². The van der Waals surface area contributed by atoms with Crippen molar-refractivity contribution in [1.82, 2.24) is 25.0 Å². The number of carbonyl (C=O) groups is 1. The van der Waals surface area contributed by atoms with Crippen molar-refractivity contribution in [1.29, 1.82) is 0 Å². The second kappa shape index (κ2) is 6.99. The van der Waals surface area contributed by atoms with E-state index in [4.69, 9.17) is 0 Å². The first-order valence-electron chi connectivity index (χ1n) is 7.03. The minimum atomic E-state index is 0.0473. The van der Waals surface area contributed by atoms with Gasteiger partial charge in [-0.1, -0.05) is 12.1 Å². The predicted octanol–water partition coefficient (Wildman–Crippen LogP) is 1.40. The Morgan fingerprint density at radius 2 is 2.10 bits per heavy atom. The van der Waals surface area contributed by atoms with Gasteiger partial charge < -0.3 is 5.32 Å². The third-order valence-corrected chi connectivity index (χ3v) is 3.49. The minimum absolute atomic E-state index is 0.0473. The lowest BCUT2D eigenvalue weighted by molar-refractivity contribution is -0.122. The number of benzene rings is 1. The van der Waals surface area contributed by atoms with E-state index in [0.29, 0.717) is 13.1 Å². The summed E-state index contributed by atoms with van der Waals surface area (Å²) in [6.07, 6.45) is 3.18. The minimum Gasteiger partial charge on any atom is -0.355 e. The van der Waals surface area contributed by atoms with Gasteiger partial charge in [-0.3, -0.25) is 9.69 Å². The van der Waals surface area contributed by atoms with Crippen molar-refractivity contribution < 1.29 is 4.79 Å². The number of nitrogens with one attached hydrogen (secondary N) is 1. The monoisotopic (exact) mass is 287 g/mol. The van der Waals surface area contributed by atoms with Crippen LogP contribution in [0.15, 0.2) is 36.9 Å². The number of likely N-dealkylation sites (N-methyl/N-ethyl adjacent to an activating group) is 2. The lowest BCUT2D eigenvalue weighted by Gasteiger charge is -2.24. The molecule has 1 atom stereocenters. The van der Waals surface area contributed by atoms with Crippen molar-refractivity contribution in [3.05, 3.63) is 42.5 Å². The predicted molar refractivity (Wildman–Crippen MR) is 81.1 cm³/mol.